The largest absolute Gasteiger partial charge is 0.468 e. The summed E-state index contributed by atoms with van der Waals surface area (Å²) in [5, 5.41) is 3.30. The fourth-order valence-corrected chi connectivity index (χ4v) is 5.43. The van der Waals surface area contributed by atoms with Crippen molar-refractivity contribution in [3.05, 3.63) is 77.2 Å². The van der Waals surface area contributed by atoms with E-state index >= 15 is 0 Å². The van der Waals surface area contributed by atoms with Crippen molar-refractivity contribution in [2.45, 2.75) is 25.3 Å². The fraction of sp³-hybridized carbons (Fsp3) is 0.182. The predicted octanol–water partition coefficient (Wildman–Crippen LogP) is 4.58. The number of benzene rings is 2. The molecule has 0 fully saturated rings. The van der Waals surface area contributed by atoms with Gasteiger partial charge in [-0.2, -0.15) is 4.31 Å². The molecule has 4 aromatic rings. The first-order valence-electron chi connectivity index (χ1n) is 9.52. The molecular formula is C22H21N3O4S2. The molecule has 0 aliphatic carbocycles. The zero-order chi connectivity index (χ0) is 22.2. The highest BCUT2D eigenvalue weighted by atomic mass is 32.2. The molecule has 0 atom stereocenters. The second-order valence-electron chi connectivity index (χ2n) is 7.27. The lowest BCUT2D eigenvalue weighted by Crippen LogP contribution is -2.26. The summed E-state index contributed by atoms with van der Waals surface area (Å²) >= 11 is 1.41. The Balaban J connectivity index is 1.50. The van der Waals surface area contributed by atoms with Gasteiger partial charge in [0.2, 0.25) is 10.0 Å². The zero-order valence-electron chi connectivity index (χ0n) is 17.2. The van der Waals surface area contributed by atoms with Gasteiger partial charge >= 0.3 is 0 Å². The number of aryl methyl sites for hydroxylation is 2. The molecule has 2 aromatic heterocycles. The van der Waals surface area contributed by atoms with Gasteiger partial charge in [-0.15, -0.1) is 0 Å². The summed E-state index contributed by atoms with van der Waals surface area (Å²) in [6.07, 6.45) is 1.50. The Morgan fingerprint density at radius 3 is 2.58 bits per heavy atom. The number of thiazole rings is 1. The van der Waals surface area contributed by atoms with Crippen LogP contribution in [-0.2, 0) is 16.6 Å². The van der Waals surface area contributed by atoms with E-state index in [4.69, 9.17) is 4.42 Å². The lowest BCUT2D eigenvalue weighted by Gasteiger charge is -2.16. The SMILES string of the molecule is Cc1cc(C)c2nc(NC(=O)c3ccc(S(=O)(=O)N(C)Cc4ccco4)cc3)sc2c1. The Morgan fingerprint density at radius 1 is 1.16 bits per heavy atom. The van der Waals surface area contributed by atoms with Crippen LogP contribution in [-0.4, -0.2) is 30.7 Å². The van der Waals surface area contributed by atoms with Crippen molar-refractivity contribution in [2.75, 3.05) is 12.4 Å². The molecule has 9 heteroatoms. The topological polar surface area (TPSA) is 92.5 Å². The van der Waals surface area contributed by atoms with E-state index in [0.29, 0.717) is 16.5 Å². The molecule has 0 bridgehead atoms. The van der Waals surface area contributed by atoms with Crippen molar-refractivity contribution in [1.82, 2.24) is 9.29 Å². The first-order chi connectivity index (χ1) is 14.7. The lowest BCUT2D eigenvalue weighted by atomic mass is 10.1. The standard InChI is InChI=1S/C22H21N3O4S2/c1-14-11-15(2)20-19(12-14)30-22(23-20)24-21(26)16-6-8-18(9-7-16)31(27,28)25(3)13-17-5-4-10-29-17/h4-12H,13H2,1-3H3,(H,23,24,26). The second-order valence-corrected chi connectivity index (χ2v) is 10.3. The number of anilines is 1. The van der Waals surface area contributed by atoms with Crippen LogP contribution in [0.2, 0.25) is 0 Å². The molecule has 0 radical (unpaired) electrons. The van der Waals surface area contributed by atoms with Crippen LogP contribution in [0.15, 0.2) is 64.1 Å². The third-order valence-electron chi connectivity index (χ3n) is 4.83. The maximum atomic E-state index is 12.8. The van der Waals surface area contributed by atoms with Crippen LogP contribution >= 0.6 is 11.3 Å². The molecule has 2 heterocycles. The minimum absolute atomic E-state index is 0.101. The van der Waals surface area contributed by atoms with E-state index < -0.39 is 10.0 Å². The molecule has 31 heavy (non-hydrogen) atoms. The van der Waals surface area contributed by atoms with Gasteiger partial charge in [-0.3, -0.25) is 10.1 Å². The highest BCUT2D eigenvalue weighted by Gasteiger charge is 2.22. The molecule has 1 N–H and O–H groups in total. The average molecular weight is 456 g/mol. The molecule has 0 saturated carbocycles. The third kappa shape index (κ3) is 4.39. The number of amides is 1. The van der Waals surface area contributed by atoms with Gasteiger partial charge < -0.3 is 4.42 Å². The summed E-state index contributed by atoms with van der Waals surface area (Å²) in [4.78, 5) is 17.2. The number of aromatic nitrogens is 1. The quantitative estimate of drug-likeness (QED) is 0.459. The van der Waals surface area contributed by atoms with Gasteiger partial charge in [-0.1, -0.05) is 17.4 Å². The van der Waals surface area contributed by atoms with Gasteiger partial charge in [-0.25, -0.2) is 13.4 Å². The Morgan fingerprint density at radius 2 is 1.90 bits per heavy atom. The summed E-state index contributed by atoms with van der Waals surface area (Å²) in [5.41, 5.74) is 3.41. The van der Waals surface area contributed by atoms with Crippen LogP contribution in [0.5, 0.6) is 0 Å². The van der Waals surface area contributed by atoms with E-state index in [1.54, 1.807) is 12.1 Å². The molecule has 2 aromatic carbocycles. The van der Waals surface area contributed by atoms with Crippen LogP contribution in [0.3, 0.4) is 0 Å². The minimum Gasteiger partial charge on any atom is -0.468 e. The molecule has 1 amide bonds. The molecule has 7 nitrogen and oxygen atoms in total. The molecular weight excluding hydrogens is 434 g/mol. The molecule has 0 aliphatic rings. The smallest absolute Gasteiger partial charge is 0.257 e. The fourth-order valence-electron chi connectivity index (χ4n) is 3.26. The highest BCUT2D eigenvalue weighted by molar-refractivity contribution is 7.89. The lowest BCUT2D eigenvalue weighted by molar-refractivity contribution is 0.102. The molecule has 0 unspecified atom stereocenters. The Hall–Kier alpha value is -3.01. The Labute approximate surface area is 184 Å². The molecule has 4 rings (SSSR count). The predicted molar refractivity (Wildman–Crippen MR) is 121 cm³/mol. The molecule has 0 spiro atoms. The maximum Gasteiger partial charge on any atom is 0.257 e. The van der Waals surface area contributed by atoms with Gasteiger partial charge in [0.05, 0.1) is 27.9 Å². The number of fused-ring (bicyclic) bond motifs is 1. The van der Waals surface area contributed by atoms with Crippen molar-refractivity contribution in [2.24, 2.45) is 0 Å². The number of carbonyl (C=O) groups excluding carboxylic acids is 1. The first kappa shape index (κ1) is 21.2. The van der Waals surface area contributed by atoms with Crippen LogP contribution in [0, 0.1) is 13.8 Å². The van der Waals surface area contributed by atoms with Gasteiger partial charge in [0.1, 0.15) is 5.76 Å². The van der Waals surface area contributed by atoms with E-state index in [1.165, 1.54) is 53.2 Å². The van der Waals surface area contributed by atoms with E-state index in [-0.39, 0.29) is 17.3 Å². The first-order valence-corrected chi connectivity index (χ1v) is 11.8. The van der Waals surface area contributed by atoms with Crippen LogP contribution in [0.4, 0.5) is 5.13 Å². The average Bonchev–Trinajstić information content (AvgIpc) is 3.37. The Kier molecular flexibility index (Phi) is 5.65. The highest BCUT2D eigenvalue weighted by Crippen LogP contribution is 2.29. The minimum atomic E-state index is -3.71. The number of hydrogen-bond acceptors (Lipinski definition) is 6. The number of sulfonamides is 1. The van der Waals surface area contributed by atoms with Gasteiger partial charge in [0.15, 0.2) is 5.13 Å². The van der Waals surface area contributed by atoms with E-state index in [9.17, 15) is 13.2 Å². The van der Waals surface area contributed by atoms with E-state index in [1.807, 2.05) is 19.9 Å². The maximum absolute atomic E-state index is 12.8. The third-order valence-corrected chi connectivity index (χ3v) is 7.57. The monoisotopic (exact) mass is 455 g/mol. The summed E-state index contributed by atoms with van der Waals surface area (Å²) in [5.74, 6) is 0.199. The van der Waals surface area contributed by atoms with Crippen molar-refractivity contribution in [3.63, 3.8) is 0 Å². The number of furan rings is 1. The van der Waals surface area contributed by atoms with Gasteiger partial charge in [-0.05, 0) is 67.4 Å². The summed E-state index contributed by atoms with van der Waals surface area (Å²) in [7, 11) is -2.23. The summed E-state index contributed by atoms with van der Waals surface area (Å²) < 4.78 is 33.0. The van der Waals surface area contributed by atoms with E-state index in [2.05, 4.69) is 16.4 Å². The molecule has 0 saturated heterocycles. The molecule has 160 valence electrons. The summed E-state index contributed by atoms with van der Waals surface area (Å²) in [6, 6.07) is 13.3. The zero-order valence-corrected chi connectivity index (χ0v) is 18.9. The normalized spacial score (nSPS) is 11.9. The number of hydrogen-bond donors (Lipinski definition) is 1. The van der Waals surface area contributed by atoms with Crippen molar-refractivity contribution in [3.8, 4) is 0 Å². The van der Waals surface area contributed by atoms with Crippen LogP contribution in [0.1, 0.15) is 27.2 Å². The van der Waals surface area contributed by atoms with Gasteiger partial charge in [0.25, 0.3) is 5.91 Å². The van der Waals surface area contributed by atoms with Crippen molar-refractivity contribution < 1.29 is 17.6 Å². The summed E-state index contributed by atoms with van der Waals surface area (Å²) in [6.45, 7) is 4.13. The Bertz CT molecular complexity index is 1340. The number of carbonyl (C=O) groups is 1. The second kappa shape index (κ2) is 8.26. The van der Waals surface area contributed by atoms with Crippen molar-refractivity contribution in [1.29, 1.82) is 0 Å². The van der Waals surface area contributed by atoms with Crippen LogP contribution < -0.4 is 5.32 Å². The van der Waals surface area contributed by atoms with E-state index in [0.717, 1.165) is 21.3 Å². The van der Waals surface area contributed by atoms with Gasteiger partial charge in [0, 0.05) is 12.6 Å². The number of nitrogens with one attached hydrogen (secondary N) is 1. The van der Waals surface area contributed by atoms with Crippen molar-refractivity contribution >= 4 is 42.6 Å². The number of nitrogens with zero attached hydrogens (tertiary/aromatic N) is 2. The number of rotatable bonds is 6. The molecule has 0 aliphatic heterocycles. The van der Waals surface area contributed by atoms with Crippen LogP contribution in [0.25, 0.3) is 10.2 Å².